The Morgan fingerprint density at radius 2 is 1.51 bits per heavy atom. The number of benzene rings is 1. The zero-order valence-corrected chi connectivity index (χ0v) is 22.6. The van der Waals surface area contributed by atoms with E-state index in [0.29, 0.717) is 37.6 Å². The van der Waals surface area contributed by atoms with Crippen molar-refractivity contribution in [1.82, 2.24) is 0 Å². The van der Waals surface area contributed by atoms with E-state index in [1.165, 1.54) is 11.8 Å². The first-order valence-corrected chi connectivity index (χ1v) is 13.6. The van der Waals surface area contributed by atoms with Gasteiger partial charge in [-0.3, -0.25) is 9.59 Å². The summed E-state index contributed by atoms with van der Waals surface area (Å²) in [6.45, 7) is 10.7. The summed E-state index contributed by atoms with van der Waals surface area (Å²) in [5, 5.41) is 3.90. The van der Waals surface area contributed by atoms with Crippen LogP contribution in [0.25, 0.3) is 0 Å². The SMILES string of the molecule is C=CCOCCC(=O)OCCSc1ccc(C(=O)/C(CCCCCC)=N/OC(=O)CCOCC=C)cc1. The molecule has 1 rings (SSSR count). The van der Waals surface area contributed by atoms with Crippen molar-refractivity contribution in [3.8, 4) is 0 Å². The van der Waals surface area contributed by atoms with Crippen LogP contribution in [-0.4, -0.2) is 62.2 Å². The van der Waals surface area contributed by atoms with Crippen LogP contribution in [0.3, 0.4) is 0 Å². The fourth-order valence-corrected chi connectivity index (χ4v) is 3.70. The Kier molecular flexibility index (Phi) is 18.6. The number of ketones is 1. The number of oxime groups is 1. The molecule has 0 fully saturated rings. The van der Waals surface area contributed by atoms with Gasteiger partial charge in [-0.25, -0.2) is 4.79 Å². The molecule has 0 spiro atoms. The molecule has 0 unspecified atom stereocenters. The fraction of sp³-hybridized carbons (Fsp3) is 0.500. The first kappa shape index (κ1) is 32.3. The highest BCUT2D eigenvalue weighted by Crippen LogP contribution is 2.19. The average molecular weight is 534 g/mol. The maximum Gasteiger partial charge on any atom is 0.337 e. The van der Waals surface area contributed by atoms with E-state index in [0.717, 1.165) is 30.6 Å². The lowest BCUT2D eigenvalue weighted by molar-refractivity contribution is -0.145. The zero-order valence-electron chi connectivity index (χ0n) is 21.8. The predicted octanol–water partition coefficient (Wildman–Crippen LogP) is 5.56. The van der Waals surface area contributed by atoms with E-state index in [1.807, 2.05) is 12.1 Å². The van der Waals surface area contributed by atoms with Gasteiger partial charge in [-0.2, -0.15) is 0 Å². The average Bonchev–Trinajstić information content (AvgIpc) is 2.91. The Balaban J connectivity index is 2.59. The summed E-state index contributed by atoms with van der Waals surface area (Å²) >= 11 is 1.52. The Labute approximate surface area is 224 Å². The van der Waals surface area contributed by atoms with Gasteiger partial charge in [0.05, 0.1) is 39.3 Å². The van der Waals surface area contributed by atoms with Gasteiger partial charge >= 0.3 is 11.9 Å². The van der Waals surface area contributed by atoms with E-state index in [-0.39, 0.29) is 43.5 Å². The molecule has 0 bridgehead atoms. The van der Waals surface area contributed by atoms with Gasteiger partial charge in [0.25, 0.3) is 0 Å². The van der Waals surface area contributed by atoms with E-state index < -0.39 is 5.97 Å². The minimum absolute atomic E-state index is 0.0406. The Hall–Kier alpha value is -2.75. The van der Waals surface area contributed by atoms with Crippen LogP contribution in [0.2, 0.25) is 0 Å². The van der Waals surface area contributed by atoms with Crippen molar-refractivity contribution >= 4 is 35.2 Å². The van der Waals surface area contributed by atoms with Gasteiger partial charge in [-0.15, -0.1) is 24.9 Å². The van der Waals surface area contributed by atoms with Crippen LogP contribution >= 0.6 is 11.8 Å². The maximum atomic E-state index is 13.1. The third kappa shape index (κ3) is 15.9. The molecule has 0 aliphatic rings. The van der Waals surface area contributed by atoms with Crippen molar-refractivity contribution in [3.05, 3.63) is 55.1 Å². The molecule has 37 heavy (non-hydrogen) atoms. The molecule has 0 radical (unpaired) electrons. The molecule has 0 saturated heterocycles. The van der Waals surface area contributed by atoms with Crippen LogP contribution in [0.4, 0.5) is 0 Å². The van der Waals surface area contributed by atoms with Crippen molar-refractivity contribution in [2.24, 2.45) is 5.16 Å². The first-order valence-electron chi connectivity index (χ1n) is 12.6. The molecule has 0 aliphatic carbocycles. The standard InChI is InChI=1S/C28H39NO7S/c1-4-7-8-9-10-25(29-36-27(31)16-20-34-18-6-3)28(32)23-11-13-24(14-12-23)37-22-21-35-26(30)15-19-33-17-5-2/h5-6,11-14H,2-4,7-10,15-22H2,1H3/b29-25+. The second-order valence-electron chi connectivity index (χ2n) is 7.96. The number of carbonyl (C=O) groups is 3. The number of Topliss-reactive ketones (excluding diaryl/α,β-unsaturated/α-hetero) is 1. The second-order valence-corrected chi connectivity index (χ2v) is 9.13. The van der Waals surface area contributed by atoms with Gasteiger partial charge in [-0.05, 0) is 37.1 Å². The van der Waals surface area contributed by atoms with E-state index in [9.17, 15) is 14.4 Å². The van der Waals surface area contributed by atoms with Crippen molar-refractivity contribution in [3.63, 3.8) is 0 Å². The second kappa shape index (κ2) is 21.3. The van der Waals surface area contributed by atoms with Crippen LogP contribution in [0.1, 0.15) is 62.2 Å². The van der Waals surface area contributed by atoms with E-state index in [2.05, 4.69) is 25.2 Å². The highest BCUT2D eigenvalue weighted by Gasteiger charge is 2.16. The van der Waals surface area contributed by atoms with Gasteiger partial charge in [0, 0.05) is 16.2 Å². The summed E-state index contributed by atoms with van der Waals surface area (Å²) in [6.07, 6.45) is 7.78. The number of nitrogens with zero attached hydrogens (tertiary/aromatic N) is 1. The number of hydrogen-bond donors (Lipinski definition) is 0. The monoisotopic (exact) mass is 533 g/mol. The van der Waals surface area contributed by atoms with Gasteiger partial charge in [-0.1, -0.05) is 43.5 Å². The number of unbranched alkanes of at least 4 members (excludes halogenated alkanes) is 3. The molecule has 0 aromatic heterocycles. The lowest BCUT2D eigenvalue weighted by Gasteiger charge is -2.08. The van der Waals surface area contributed by atoms with Gasteiger partial charge < -0.3 is 19.0 Å². The summed E-state index contributed by atoms with van der Waals surface area (Å²) in [7, 11) is 0. The lowest BCUT2D eigenvalue weighted by atomic mass is 10.0. The van der Waals surface area contributed by atoms with Crippen molar-refractivity contribution in [1.29, 1.82) is 0 Å². The molecule has 204 valence electrons. The predicted molar refractivity (Wildman–Crippen MR) is 146 cm³/mol. The molecule has 0 aliphatic heterocycles. The third-order valence-corrected chi connectivity index (χ3v) is 5.87. The van der Waals surface area contributed by atoms with Gasteiger partial charge in [0.15, 0.2) is 0 Å². The summed E-state index contributed by atoms with van der Waals surface area (Å²) in [4.78, 5) is 42.6. The summed E-state index contributed by atoms with van der Waals surface area (Å²) in [5.41, 5.74) is 0.691. The molecule has 0 amide bonds. The van der Waals surface area contributed by atoms with Gasteiger partial charge in [0.2, 0.25) is 5.78 Å². The number of esters is 1. The van der Waals surface area contributed by atoms with E-state index in [1.54, 1.807) is 24.3 Å². The third-order valence-electron chi connectivity index (χ3n) is 4.89. The normalized spacial score (nSPS) is 11.1. The van der Waals surface area contributed by atoms with Crippen molar-refractivity contribution in [2.75, 3.05) is 38.8 Å². The number of thioether (sulfide) groups is 1. The quantitative estimate of drug-likeness (QED) is 0.0279. The Morgan fingerprint density at radius 1 is 0.865 bits per heavy atom. The topological polar surface area (TPSA) is 100 Å². The Bertz CT molecular complexity index is 868. The molecular weight excluding hydrogens is 494 g/mol. The van der Waals surface area contributed by atoms with Crippen molar-refractivity contribution < 1.29 is 33.4 Å². The van der Waals surface area contributed by atoms with Gasteiger partial charge in [0.1, 0.15) is 12.3 Å². The number of ether oxygens (including phenoxy) is 3. The number of rotatable bonds is 22. The summed E-state index contributed by atoms with van der Waals surface area (Å²) in [5.74, 6) is -0.541. The van der Waals surface area contributed by atoms with E-state index in [4.69, 9.17) is 19.0 Å². The number of hydrogen-bond acceptors (Lipinski definition) is 9. The maximum absolute atomic E-state index is 13.1. The molecule has 8 nitrogen and oxygen atoms in total. The smallest absolute Gasteiger partial charge is 0.337 e. The fourth-order valence-electron chi connectivity index (χ4n) is 2.97. The Morgan fingerprint density at radius 3 is 2.14 bits per heavy atom. The summed E-state index contributed by atoms with van der Waals surface area (Å²) in [6, 6.07) is 7.11. The lowest BCUT2D eigenvalue weighted by Crippen LogP contribution is -2.16. The van der Waals surface area contributed by atoms with Crippen molar-refractivity contribution in [2.45, 2.75) is 56.8 Å². The largest absolute Gasteiger partial charge is 0.465 e. The van der Waals surface area contributed by atoms with Crippen LogP contribution in [0, 0.1) is 0 Å². The number of carbonyl (C=O) groups excluding carboxylic acids is 3. The van der Waals surface area contributed by atoms with E-state index >= 15 is 0 Å². The molecule has 0 saturated carbocycles. The minimum atomic E-state index is -0.556. The molecule has 0 atom stereocenters. The van der Waals surface area contributed by atoms with Crippen LogP contribution in [0.5, 0.6) is 0 Å². The highest BCUT2D eigenvalue weighted by atomic mass is 32.2. The van der Waals surface area contributed by atoms with Crippen LogP contribution in [-0.2, 0) is 28.6 Å². The molecular formula is C28H39NO7S. The molecule has 1 aromatic rings. The minimum Gasteiger partial charge on any atom is -0.465 e. The van der Waals surface area contributed by atoms with Crippen LogP contribution < -0.4 is 0 Å². The molecule has 0 heterocycles. The molecule has 0 N–H and O–H groups in total. The highest BCUT2D eigenvalue weighted by molar-refractivity contribution is 7.99. The first-order chi connectivity index (χ1) is 18.0. The zero-order chi connectivity index (χ0) is 27.1. The molecule has 1 aromatic carbocycles. The summed E-state index contributed by atoms with van der Waals surface area (Å²) < 4.78 is 15.5. The van der Waals surface area contributed by atoms with Crippen LogP contribution in [0.15, 0.2) is 59.6 Å². The molecule has 9 heteroatoms.